The fourth-order valence-corrected chi connectivity index (χ4v) is 5.05. The van der Waals surface area contributed by atoms with Crippen LogP contribution in [-0.4, -0.2) is 43.7 Å². The van der Waals surface area contributed by atoms with Crippen LogP contribution in [0.2, 0.25) is 0 Å². The van der Waals surface area contributed by atoms with Crippen LogP contribution in [0.4, 0.5) is 24.7 Å². The summed E-state index contributed by atoms with van der Waals surface area (Å²) in [6, 6.07) is 7.39. The van der Waals surface area contributed by atoms with Crippen LogP contribution in [0.3, 0.4) is 0 Å². The van der Waals surface area contributed by atoms with Crippen molar-refractivity contribution in [1.29, 1.82) is 0 Å². The van der Waals surface area contributed by atoms with Crippen molar-refractivity contribution in [2.24, 2.45) is 5.92 Å². The molecule has 1 aromatic carbocycles. The van der Waals surface area contributed by atoms with Crippen LogP contribution in [0.25, 0.3) is 0 Å². The van der Waals surface area contributed by atoms with Crippen molar-refractivity contribution in [3.05, 3.63) is 47.7 Å². The Kier molecular flexibility index (Phi) is 8.15. The molecule has 0 aliphatic carbocycles. The van der Waals surface area contributed by atoms with Gasteiger partial charge in [0.2, 0.25) is 0 Å². The number of hydrogen-bond acceptors (Lipinski definition) is 5. The minimum Gasteiger partial charge on any atom is -0.496 e. The van der Waals surface area contributed by atoms with Crippen LogP contribution in [0.1, 0.15) is 60.9 Å². The highest BCUT2D eigenvalue weighted by Crippen LogP contribution is 2.37. The summed E-state index contributed by atoms with van der Waals surface area (Å²) < 4.78 is 44.9. The van der Waals surface area contributed by atoms with Gasteiger partial charge in [-0.1, -0.05) is 6.42 Å². The zero-order valence-electron chi connectivity index (χ0n) is 20.0. The molecule has 3 heterocycles. The molecule has 2 saturated heterocycles. The zero-order chi connectivity index (χ0) is 24.8. The molecule has 1 atom stereocenters. The van der Waals surface area contributed by atoms with Crippen LogP contribution < -0.4 is 20.3 Å². The normalized spacial score (nSPS) is 19.4. The van der Waals surface area contributed by atoms with Crippen molar-refractivity contribution in [3.8, 4) is 5.75 Å². The van der Waals surface area contributed by atoms with Gasteiger partial charge in [-0.2, -0.15) is 13.2 Å². The molecule has 4 rings (SSSR count). The number of hydrogen-bond donors (Lipinski definition) is 2. The lowest BCUT2D eigenvalue weighted by Crippen LogP contribution is -2.37. The molecule has 2 fully saturated rings. The number of methoxy groups -OCH3 is 1. The van der Waals surface area contributed by atoms with Crippen molar-refractivity contribution >= 4 is 17.4 Å². The van der Waals surface area contributed by atoms with Gasteiger partial charge in [-0.05, 0) is 81.3 Å². The number of pyridine rings is 1. The van der Waals surface area contributed by atoms with Gasteiger partial charge in [0.25, 0.3) is 5.91 Å². The second-order valence-electron chi connectivity index (χ2n) is 9.40. The van der Waals surface area contributed by atoms with Crippen LogP contribution in [-0.2, 0) is 6.18 Å². The van der Waals surface area contributed by atoms with Crippen molar-refractivity contribution in [3.63, 3.8) is 0 Å². The molecule has 2 N–H and O–H groups in total. The summed E-state index contributed by atoms with van der Waals surface area (Å²) in [5.74, 6) is 0.384. The Morgan fingerprint density at radius 1 is 1.17 bits per heavy atom. The first-order valence-corrected chi connectivity index (χ1v) is 12.3. The molecular weight excluding hydrogens is 457 g/mol. The van der Waals surface area contributed by atoms with Gasteiger partial charge in [0.1, 0.15) is 5.75 Å². The number of rotatable bonds is 7. The number of alkyl halides is 3. The molecule has 0 bridgehead atoms. The third-order valence-electron chi connectivity index (χ3n) is 7.05. The number of amides is 1. The topological polar surface area (TPSA) is 66.5 Å². The van der Waals surface area contributed by atoms with Crippen molar-refractivity contribution in [2.75, 3.05) is 37.0 Å². The van der Waals surface area contributed by atoms with Gasteiger partial charge in [-0.15, -0.1) is 0 Å². The van der Waals surface area contributed by atoms with Crippen LogP contribution >= 0.6 is 0 Å². The molecule has 2 aliphatic rings. The first kappa shape index (κ1) is 25.3. The average molecular weight is 491 g/mol. The number of nitrogens with one attached hydrogen (secondary N) is 2. The summed E-state index contributed by atoms with van der Waals surface area (Å²) in [5.41, 5.74) is -0.584. The molecule has 2 aromatic rings. The smallest absolute Gasteiger partial charge is 0.419 e. The molecule has 9 heteroatoms. The van der Waals surface area contributed by atoms with E-state index in [9.17, 15) is 18.0 Å². The third-order valence-corrected chi connectivity index (χ3v) is 7.05. The van der Waals surface area contributed by atoms with Gasteiger partial charge < -0.3 is 20.3 Å². The van der Waals surface area contributed by atoms with Crippen LogP contribution in [0, 0.1) is 5.92 Å². The van der Waals surface area contributed by atoms with E-state index in [1.165, 1.54) is 45.3 Å². The summed E-state index contributed by atoms with van der Waals surface area (Å²) in [4.78, 5) is 19.5. The second kappa shape index (κ2) is 11.3. The van der Waals surface area contributed by atoms with Gasteiger partial charge in [0, 0.05) is 30.9 Å². The Balaban J connectivity index is 1.38. The lowest BCUT2D eigenvalue weighted by atomic mass is 9.89. The molecule has 0 saturated carbocycles. The van der Waals surface area contributed by atoms with E-state index < -0.39 is 17.6 Å². The Morgan fingerprint density at radius 2 is 1.97 bits per heavy atom. The largest absolute Gasteiger partial charge is 0.496 e. The molecule has 2 aliphatic heterocycles. The minimum atomic E-state index is -4.63. The number of benzene rings is 1. The summed E-state index contributed by atoms with van der Waals surface area (Å²) >= 11 is 0. The summed E-state index contributed by atoms with van der Waals surface area (Å²) in [6.07, 6.45) is 5.47. The van der Waals surface area contributed by atoms with Crippen molar-refractivity contribution in [1.82, 2.24) is 10.3 Å². The highest BCUT2D eigenvalue weighted by molar-refractivity contribution is 6.05. The molecule has 35 heavy (non-hydrogen) atoms. The second-order valence-corrected chi connectivity index (χ2v) is 9.40. The maximum absolute atomic E-state index is 13.4. The Bertz CT molecular complexity index is 1000. The number of carbonyl (C=O) groups excluding carboxylic acids is 1. The highest BCUT2D eigenvalue weighted by atomic mass is 19.4. The number of anilines is 2. The molecule has 0 spiro atoms. The Labute approximate surface area is 204 Å². The molecule has 0 radical (unpaired) electrons. The van der Waals surface area contributed by atoms with E-state index in [4.69, 9.17) is 4.74 Å². The number of carbonyl (C=O) groups is 1. The quantitative estimate of drug-likeness (QED) is 0.537. The standard InChI is InChI=1S/C26H33F3N4O2/c1-35-23-10-8-19(17-21(23)26(27,28)29)25(34)32-22-6-4-14-31-24(22)33-15-11-18(12-16-33)7-9-20-5-2-3-13-30-20/h4,6,8,10,14,17-18,20,30H,2-3,5,7,9,11-13,15-16H2,1H3,(H,32,34). The van der Waals surface area contributed by atoms with E-state index in [2.05, 4.69) is 20.5 Å². The SMILES string of the molecule is COc1ccc(C(=O)Nc2cccnc2N2CCC(CCC3CCCCN3)CC2)cc1C(F)(F)F. The number of ether oxygens (including phenoxy) is 1. The Hall–Kier alpha value is -2.81. The van der Waals surface area contributed by atoms with E-state index in [1.54, 1.807) is 18.3 Å². The minimum absolute atomic E-state index is 0.0945. The zero-order valence-corrected chi connectivity index (χ0v) is 20.0. The summed E-state index contributed by atoms with van der Waals surface area (Å²) in [7, 11) is 1.17. The van der Waals surface area contributed by atoms with Gasteiger partial charge >= 0.3 is 6.18 Å². The lowest BCUT2D eigenvalue weighted by molar-refractivity contribution is -0.138. The fraction of sp³-hybridized carbons (Fsp3) is 0.538. The molecule has 1 amide bonds. The monoisotopic (exact) mass is 490 g/mol. The predicted octanol–water partition coefficient (Wildman–Crippen LogP) is 5.50. The van der Waals surface area contributed by atoms with Crippen LogP contribution in [0.15, 0.2) is 36.5 Å². The van der Waals surface area contributed by atoms with Crippen LogP contribution in [0.5, 0.6) is 5.75 Å². The predicted molar refractivity (Wildman–Crippen MR) is 130 cm³/mol. The third kappa shape index (κ3) is 6.45. The highest BCUT2D eigenvalue weighted by Gasteiger charge is 2.35. The molecular formula is C26H33F3N4O2. The number of aromatic nitrogens is 1. The fourth-order valence-electron chi connectivity index (χ4n) is 5.05. The maximum atomic E-state index is 13.4. The maximum Gasteiger partial charge on any atom is 0.419 e. The molecule has 1 aromatic heterocycles. The average Bonchev–Trinajstić information content (AvgIpc) is 2.88. The first-order valence-electron chi connectivity index (χ1n) is 12.3. The summed E-state index contributed by atoms with van der Waals surface area (Å²) in [5, 5.41) is 6.38. The van der Waals surface area contributed by atoms with E-state index in [0.29, 0.717) is 23.5 Å². The van der Waals surface area contributed by atoms with E-state index in [0.717, 1.165) is 44.6 Å². The van der Waals surface area contributed by atoms with Gasteiger partial charge in [0.15, 0.2) is 5.82 Å². The van der Waals surface area contributed by atoms with E-state index >= 15 is 0 Å². The lowest BCUT2D eigenvalue weighted by Gasteiger charge is -2.34. The number of piperidine rings is 2. The number of nitrogens with zero attached hydrogens (tertiary/aromatic N) is 2. The van der Waals surface area contributed by atoms with Crippen molar-refractivity contribution < 1.29 is 22.7 Å². The van der Waals surface area contributed by atoms with E-state index in [1.807, 2.05) is 0 Å². The van der Waals surface area contributed by atoms with Gasteiger partial charge in [-0.3, -0.25) is 4.79 Å². The summed E-state index contributed by atoms with van der Waals surface area (Å²) in [6.45, 7) is 2.80. The van der Waals surface area contributed by atoms with Gasteiger partial charge in [-0.25, -0.2) is 4.98 Å². The molecule has 190 valence electrons. The van der Waals surface area contributed by atoms with Crippen molar-refractivity contribution in [2.45, 2.75) is 57.2 Å². The molecule has 6 nitrogen and oxygen atoms in total. The first-order chi connectivity index (χ1) is 16.8. The molecule has 1 unspecified atom stereocenters. The number of halogens is 3. The van der Waals surface area contributed by atoms with E-state index in [-0.39, 0.29) is 11.3 Å². The Morgan fingerprint density at radius 3 is 2.66 bits per heavy atom. The van der Waals surface area contributed by atoms with Gasteiger partial charge in [0.05, 0.1) is 18.4 Å².